The number of carbonyl (C=O) groups is 1. The Morgan fingerprint density at radius 3 is 2.45 bits per heavy atom. The topological polar surface area (TPSA) is 147 Å². The second-order valence-corrected chi connectivity index (χ2v) is 7.28. The van der Waals surface area contributed by atoms with Gasteiger partial charge in [-0.15, -0.1) is 0 Å². The maximum atomic E-state index is 12.3. The van der Waals surface area contributed by atoms with Crippen molar-refractivity contribution < 1.29 is 18.3 Å². The molecule has 0 aliphatic carbocycles. The number of hydrogen-bond donors (Lipinski definition) is 4. The first-order valence-corrected chi connectivity index (χ1v) is 8.22. The molecule has 2 heterocycles. The number of anilines is 3. The first-order chi connectivity index (χ1) is 10.2. The molecule has 0 spiro atoms. The minimum absolute atomic E-state index is 0.00452. The fraction of sp³-hybridized carbons (Fsp3) is 0.182. The second kappa shape index (κ2) is 5.77. The van der Waals surface area contributed by atoms with E-state index in [4.69, 9.17) is 10.8 Å². The van der Waals surface area contributed by atoms with E-state index in [0.717, 1.165) is 11.3 Å². The van der Waals surface area contributed by atoms with E-state index in [1.165, 1.54) is 19.1 Å². The molecule has 0 bridgehead atoms. The van der Waals surface area contributed by atoms with Gasteiger partial charge in [0, 0.05) is 0 Å². The Balaban J connectivity index is 2.35. The number of nitrogen functional groups attached to an aromatic ring is 1. The fourth-order valence-corrected chi connectivity index (χ4v) is 4.02. The number of amides is 1. The van der Waals surface area contributed by atoms with Gasteiger partial charge in [-0.05, 0) is 31.5 Å². The normalized spacial score (nSPS) is 11.2. The Kier molecular flexibility index (Phi) is 4.19. The summed E-state index contributed by atoms with van der Waals surface area (Å²) >= 11 is 0.838. The summed E-state index contributed by atoms with van der Waals surface area (Å²) in [6, 6.07) is 2.95. The lowest BCUT2D eigenvalue weighted by Crippen LogP contribution is -2.15. The number of thiazole rings is 1. The molecule has 22 heavy (non-hydrogen) atoms. The van der Waals surface area contributed by atoms with Gasteiger partial charge in [-0.3, -0.25) is 10.0 Å². The van der Waals surface area contributed by atoms with Crippen molar-refractivity contribution in [2.45, 2.75) is 18.1 Å². The number of pyridine rings is 1. The molecule has 0 aliphatic heterocycles. The molecule has 9 nitrogen and oxygen atoms in total. The van der Waals surface area contributed by atoms with Gasteiger partial charge in [-0.25, -0.2) is 23.2 Å². The molecular formula is C11H13N5O4S2. The van der Waals surface area contributed by atoms with E-state index in [9.17, 15) is 13.2 Å². The van der Waals surface area contributed by atoms with Crippen molar-refractivity contribution >= 4 is 44.2 Å². The Bertz CT molecular complexity index is 831. The lowest BCUT2D eigenvalue weighted by Gasteiger charge is -2.09. The average molecular weight is 343 g/mol. The summed E-state index contributed by atoms with van der Waals surface area (Å²) in [6.45, 7) is 3.21. The molecule has 0 fully saturated rings. The van der Waals surface area contributed by atoms with Gasteiger partial charge in [0.1, 0.15) is 11.6 Å². The van der Waals surface area contributed by atoms with Crippen LogP contribution >= 0.6 is 11.3 Å². The van der Waals surface area contributed by atoms with E-state index in [0.29, 0.717) is 5.56 Å². The molecule has 2 aromatic rings. The van der Waals surface area contributed by atoms with Crippen molar-refractivity contribution in [3.63, 3.8) is 0 Å². The third-order valence-electron chi connectivity index (χ3n) is 2.46. The number of rotatable bonds is 4. The molecule has 5 N–H and O–H groups in total. The largest absolute Gasteiger partial charge is 0.465 e. The lowest BCUT2D eigenvalue weighted by atomic mass is 10.3. The third-order valence-corrected chi connectivity index (χ3v) is 5.41. The minimum atomic E-state index is -3.90. The van der Waals surface area contributed by atoms with Gasteiger partial charge in [-0.2, -0.15) is 0 Å². The van der Waals surface area contributed by atoms with Crippen molar-refractivity contribution in [2.75, 3.05) is 15.8 Å². The standard InChI is InChI=1S/C11H13N5O4S2/c1-5-3-7(15-11(17)18)14-8(4-5)16-22(19,20)9-6(2)13-10(12)21-9/h3-4H,1-2H3,(H2,12,13)(H,17,18)(H2,14,15,16). The van der Waals surface area contributed by atoms with Crippen LogP contribution in [0, 0.1) is 13.8 Å². The number of nitrogens with one attached hydrogen (secondary N) is 2. The van der Waals surface area contributed by atoms with E-state index in [2.05, 4.69) is 20.0 Å². The van der Waals surface area contributed by atoms with Crippen LogP contribution in [0.3, 0.4) is 0 Å². The number of aromatic nitrogens is 2. The summed E-state index contributed by atoms with van der Waals surface area (Å²) in [5.41, 5.74) is 6.42. The van der Waals surface area contributed by atoms with E-state index in [1.807, 2.05) is 0 Å². The summed E-state index contributed by atoms with van der Waals surface area (Å²) < 4.78 is 26.9. The second-order valence-electron chi connectivity index (χ2n) is 4.38. The van der Waals surface area contributed by atoms with E-state index >= 15 is 0 Å². The molecule has 0 saturated heterocycles. The fourth-order valence-electron chi connectivity index (χ4n) is 1.73. The van der Waals surface area contributed by atoms with Crippen molar-refractivity contribution in [2.24, 2.45) is 0 Å². The summed E-state index contributed by atoms with van der Waals surface area (Å²) in [5.74, 6) is 0.0147. The van der Waals surface area contributed by atoms with Crippen LogP contribution in [0.1, 0.15) is 11.3 Å². The Morgan fingerprint density at radius 1 is 1.27 bits per heavy atom. The van der Waals surface area contributed by atoms with Crippen LogP contribution in [0.2, 0.25) is 0 Å². The van der Waals surface area contributed by atoms with Crippen molar-refractivity contribution in [3.05, 3.63) is 23.4 Å². The predicted octanol–water partition coefficient (Wildman–Crippen LogP) is 1.63. The van der Waals surface area contributed by atoms with Crippen molar-refractivity contribution in [1.82, 2.24) is 9.97 Å². The van der Waals surface area contributed by atoms with Crippen molar-refractivity contribution in [1.29, 1.82) is 0 Å². The molecule has 1 amide bonds. The molecule has 0 radical (unpaired) electrons. The van der Waals surface area contributed by atoms with Crippen LogP contribution in [0.5, 0.6) is 0 Å². The van der Waals surface area contributed by atoms with Gasteiger partial charge in [-0.1, -0.05) is 11.3 Å². The molecular weight excluding hydrogens is 330 g/mol. The van der Waals surface area contributed by atoms with Gasteiger partial charge in [0.2, 0.25) is 0 Å². The molecule has 0 atom stereocenters. The molecule has 2 rings (SSSR count). The van der Waals surface area contributed by atoms with Crippen LogP contribution < -0.4 is 15.8 Å². The summed E-state index contributed by atoms with van der Waals surface area (Å²) in [7, 11) is -3.90. The van der Waals surface area contributed by atoms with Gasteiger partial charge < -0.3 is 10.8 Å². The maximum absolute atomic E-state index is 12.3. The average Bonchev–Trinajstić information content (AvgIpc) is 2.66. The maximum Gasteiger partial charge on any atom is 0.410 e. The SMILES string of the molecule is Cc1cc(NC(=O)O)nc(NS(=O)(=O)c2sc(N)nc2C)c1. The highest BCUT2D eigenvalue weighted by atomic mass is 32.2. The van der Waals surface area contributed by atoms with Crippen LogP contribution in [-0.2, 0) is 10.0 Å². The van der Waals surface area contributed by atoms with Gasteiger partial charge in [0.05, 0.1) is 5.69 Å². The minimum Gasteiger partial charge on any atom is -0.465 e. The Morgan fingerprint density at radius 2 is 1.91 bits per heavy atom. The first-order valence-electron chi connectivity index (χ1n) is 5.92. The van der Waals surface area contributed by atoms with Crippen LogP contribution in [0.25, 0.3) is 0 Å². The van der Waals surface area contributed by atoms with Crippen LogP contribution in [0.4, 0.5) is 21.6 Å². The summed E-state index contributed by atoms with van der Waals surface area (Å²) in [5, 5.41) is 10.9. The summed E-state index contributed by atoms with van der Waals surface area (Å²) in [4.78, 5) is 18.4. The molecule has 2 aromatic heterocycles. The number of nitrogens with two attached hydrogens (primary N) is 1. The third kappa shape index (κ3) is 3.62. The van der Waals surface area contributed by atoms with Gasteiger partial charge in [0.15, 0.2) is 9.34 Å². The highest BCUT2D eigenvalue weighted by Gasteiger charge is 2.22. The molecule has 118 valence electrons. The molecule has 0 aromatic carbocycles. The smallest absolute Gasteiger partial charge is 0.410 e. The highest BCUT2D eigenvalue weighted by molar-refractivity contribution is 7.94. The summed E-state index contributed by atoms with van der Waals surface area (Å²) in [6.07, 6.45) is -1.29. The lowest BCUT2D eigenvalue weighted by molar-refractivity contribution is 0.209. The van der Waals surface area contributed by atoms with E-state index in [-0.39, 0.29) is 26.7 Å². The van der Waals surface area contributed by atoms with E-state index in [1.54, 1.807) is 6.92 Å². The van der Waals surface area contributed by atoms with E-state index < -0.39 is 16.1 Å². The zero-order valence-electron chi connectivity index (χ0n) is 11.6. The molecule has 0 saturated carbocycles. The number of carboxylic acid groups (broad SMARTS) is 1. The quantitative estimate of drug-likeness (QED) is 0.659. The number of nitrogens with zero attached hydrogens (tertiary/aromatic N) is 2. The number of hydrogen-bond acceptors (Lipinski definition) is 7. The van der Waals surface area contributed by atoms with Crippen molar-refractivity contribution in [3.8, 4) is 0 Å². The van der Waals surface area contributed by atoms with Gasteiger partial charge in [0.25, 0.3) is 10.0 Å². The predicted molar refractivity (Wildman–Crippen MR) is 82.7 cm³/mol. The zero-order valence-corrected chi connectivity index (χ0v) is 13.2. The Labute approximate surface area is 130 Å². The number of sulfonamides is 1. The van der Waals surface area contributed by atoms with Crippen LogP contribution in [0.15, 0.2) is 16.3 Å². The molecule has 0 aliphatic rings. The number of aryl methyl sites for hydroxylation is 2. The van der Waals surface area contributed by atoms with Gasteiger partial charge >= 0.3 is 6.09 Å². The highest BCUT2D eigenvalue weighted by Crippen LogP contribution is 2.27. The monoisotopic (exact) mass is 343 g/mol. The zero-order chi connectivity index (χ0) is 16.5. The molecule has 11 heteroatoms. The molecule has 0 unspecified atom stereocenters. The Hall–Kier alpha value is -2.40. The van der Waals surface area contributed by atoms with Crippen LogP contribution in [-0.4, -0.2) is 29.6 Å². The first kappa shape index (κ1) is 16.0.